The number of hydrogen-bond donors (Lipinski definition) is 1. The van der Waals surface area contributed by atoms with Crippen LogP contribution in [0.1, 0.15) is 26.7 Å². The van der Waals surface area contributed by atoms with Gasteiger partial charge in [-0.05, 0) is 13.0 Å². The number of nitrogens with one attached hydrogen (secondary N) is 1. The summed E-state index contributed by atoms with van der Waals surface area (Å²) in [6, 6.07) is 0.725. The predicted molar refractivity (Wildman–Crippen MR) is 70.5 cm³/mol. The molecule has 0 spiro atoms. The maximum Gasteiger partial charge on any atom is 0.0294 e. The zero-order valence-electron chi connectivity index (χ0n) is 9.58. The average Bonchev–Trinajstić information content (AvgIpc) is 2.27. The lowest BCUT2D eigenvalue weighted by atomic mass is 9.92. The van der Waals surface area contributed by atoms with E-state index in [1.807, 2.05) is 0 Å². The second kappa shape index (κ2) is 7.02. The lowest BCUT2D eigenvalue weighted by Crippen LogP contribution is -2.44. The van der Waals surface area contributed by atoms with Crippen molar-refractivity contribution in [2.24, 2.45) is 5.92 Å². The fourth-order valence-electron chi connectivity index (χ4n) is 2.24. The first-order valence-corrected chi connectivity index (χ1v) is 7.90. The van der Waals surface area contributed by atoms with E-state index in [-0.39, 0.29) is 0 Å². The molecule has 0 amide bonds. The molecule has 0 aliphatic carbocycles. The second-order valence-electron chi connectivity index (χ2n) is 3.88. The predicted octanol–water partition coefficient (Wildman–Crippen LogP) is 2.86. The van der Waals surface area contributed by atoms with Crippen molar-refractivity contribution in [3.63, 3.8) is 0 Å². The Labute approximate surface area is 97.2 Å². The van der Waals surface area contributed by atoms with E-state index >= 15 is 0 Å². The fourth-order valence-corrected chi connectivity index (χ4v) is 5.24. The Hall–Kier alpha value is 0.660. The molecule has 1 rings (SSSR count). The van der Waals surface area contributed by atoms with Gasteiger partial charge in [-0.25, -0.2) is 0 Å². The van der Waals surface area contributed by atoms with E-state index in [1.165, 1.54) is 30.1 Å². The first kappa shape index (κ1) is 12.7. The number of thioether (sulfide) groups is 2. The van der Waals surface area contributed by atoms with Gasteiger partial charge in [-0.2, -0.15) is 23.5 Å². The molecule has 1 aliphatic heterocycles. The van der Waals surface area contributed by atoms with Gasteiger partial charge < -0.3 is 5.32 Å². The smallest absolute Gasteiger partial charge is 0.0294 e. The van der Waals surface area contributed by atoms with Gasteiger partial charge in [-0.3, -0.25) is 0 Å². The molecule has 0 aromatic rings. The van der Waals surface area contributed by atoms with Crippen LogP contribution in [-0.4, -0.2) is 35.6 Å². The Morgan fingerprint density at radius 1 is 1.29 bits per heavy atom. The van der Waals surface area contributed by atoms with Crippen LogP contribution in [0.25, 0.3) is 0 Å². The molecule has 0 saturated carbocycles. The van der Waals surface area contributed by atoms with Gasteiger partial charge in [0, 0.05) is 28.6 Å². The normalized spacial score (nSPS) is 25.3. The summed E-state index contributed by atoms with van der Waals surface area (Å²) in [6.07, 6.45) is 2.62. The summed E-state index contributed by atoms with van der Waals surface area (Å²) >= 11 is 4.30. The molecule has 1 saturated heterocycles. The van der Waals surface area contributed by atoms with Gasteiger partial charge in [0.25, 0.3) is 0 Å². The van der Waals surface area contributed by atoms with Gasteiger partial charge in [0.15, 0.2) is 0 Å². The van der Waals surface area contributed by atoms with E-state index in [0.29, 0.717) is 0 Å². The highest BCUT2D eigenvalue weighted by Gasteiger charge is 2.28. The maximum atomic E-state index is 3.54. The molecule has 1 fully saturated rings. The minimum absolute atomic E-state index is 0.725. The minimum Gasteiger partial charge on any atom is -0.316 e. The van der Waals surface area contributed by atoms with Crippen molar-refractivity contribution in [1.82, 2.24) is 5.32 Å². The summed E-state index contributed by atoms with van der Waals surface area (Å²) in [6.45, 7) is 4.64. The van der Waals surface area contributed by atoms with E-state index in [9.17, 15) is 0 Å². The van der Waals surface area contributed by atoms with Crippen molar-refractivity contribution in [2.45, 2.75) is 38.0 Å². The first-order chi connectivity index (χ1) is 6.83. The fraction of sp³-hybridized carbons (Fsp3) is 1.00. The molecule has 0 aromatic carbocycles. The van der Waals surface area contributed by atoms with Crippen LogP contribution in [0.15, 0.2) is 0 Å². The van der Waals surface area contributed by atoms with Crippen molar-refractivity contribution in [3.05, 3.63) is 0 Å². The monoisotopic (exact) mass is 233 g/mol. The molecule has 3 heteroatoms. The Kier molecular flexibility index (Phi) is 6.38. The number of hydrogen-bond acceptors (Lipinski definition) is 3. The topological polar surface area (TPSA) is 12.0 Å². The zero-order chi connectivity index (χ0) is 10.4. The molecule has 1 aliphatic rings. The zero-order valence-corrected chi connectivity index (χ0v) is 11.2. The molecule has 84 valence electrons. The van der Waals surface area contributed by atoms with Crippen molar-refractivity contribution in [3.8, 4) is 0 Å². The first-order valence-electron chi connectivity index (χ1n) is 5.70. The highest BCUT2D eigenvalue weighted by molar-refractivity contribution is 8.06. The van der Waals surface area contributed by atoms with Crippen molar-refractivity contribution in [2.75, 3.05) is 24.3 Å². The maximum absolute atomic E-state index is 3.54. The summed E-state index contributed by atoms with van der Waals surface area (Å²) < 4.78 is 0. The molecule has 1 heterocycles. The highest BCUT2D eigenvalue weighted by atomic mass is 32.2. The molecule has 1 nitrogen and oxygen atoms in total. The molecular formula is C11H23NS2. The highest BCUT2D eigenvalue weighted by Crippen LogP contribution is 2.30. The van der Waals surface area contributed by atoms with E-state index in [2.05, 4.69) is 49.7 Å². The molecule has 0 radical (unpaired) electrons. The molecule has 1 N–H and O–H groups in total. The summed E-state index contributed by atoms with van der Waals surface area (Å²) in [5, 5.41) is 4.38. The van der Waals surface area contributed by atoms with Gasteiger partial charge in [-0.15, -0.1) is 0 Å². The largest absolute Gasteiger partial charge is 0.316 e. The summed E-state index contributed by atoms with van der Waals surface area (Å²) in [7, 11) is 2.13. The standard InChI is InChI=1S/C11H23NS2/c1-4-9(5-2)11(12-3)10-8-13-6-7-14-10/h9-12H,4-8H2,1-3H3. The molecule has 0 aromatic heterocycles. The Bertz CT molecular complexity index is 142. The van der Waals surface area contributed by atoms with Gasteiger partial charge in [0.1, 0.15) is 0 Å². The lowest BCUT2D eigenvalue weighted by Gasteiger charge is -2.34. The van der Waals surface area contributed by atoms with Crippen LogP contribution in [-0.2, 0) is 0 Å². The summed E-state index contributed by atoms with van der Waals surface area (Å²) in [4.78, 5) is 0. The Morgan fingerprint density at radius 3 is 2.43 bits per heavy atom. The van der Waals surface area contributed by atoms with Crippen LogP contribution in [0.5, 0.6) is 0 Å². The third-order valence-electron chi connectivity index (χ3n) is 3.13. The van der Waals surface area contributed by atoms with Crippen molar-refractivity contribution < 1.29 is 0 Å². The molecule has 2 atom stereocenters. The van der Waals surface area contributed by atoms with Crippen molar-refractivity contribution in [1.29, 1.82) is 0 Å². The van der Waals surface area contributed by atoms with Gasteiger partial charge in [0.2, 0.25) is 0 Å². The molecule has 2 unspecified atom stereocenters. The molecule has 14 heavy (non-hydrogen) atoms. The quantitative estimate of drug-likeness (QED) is 0.784. The Morgan fingerprint density at radius 2 is 2.00 bits per heavy atom. The SMILES string of the molecule is CCC(CC)C(NC)C1CSCCS1. The van der Waals surface area contributed by atoms with Crippen LogP contribution < -0.4 is 5.32 Å². The van der Waals surface area contributed by atoms with Gasteiger partial charge in [-0.1, -0.05) is 26.7 Å². The van der Waals surface area contributed by atoms with Gasteiger partial charge in [0.05, 0.1) is 0 Å². The van der Waals surface area contributed by atoms with Crippen LogP contribution in [0.4, 0.5) is 0 Å². The second-order valence-corrected chi connectivity index (χ2v) is 6.37. The van der Waals surface area contributed by atoms with E-state index in [0.717, 1.165) is 17.2 Å². The Balaban J connectivity index is 2.49. The third-order valence-corrected chi connectivity index (χ3v) is 6.02. The van der Waals surface area contributed by atoms with E-state index in [4.69, 9.17) is 0 Å². The van der Waals surface area contributed by atoms with Gasteiger partial charge >= 0.3 is 0 Å². The van der Waals surface area contributed by atoms with Crippen LogP contribution in [0.2, 0.25) is 0 Å². The van der Waals surface area contributed by atoms with Crippen LogP contribution >= 0.6 is 23.5 Å². The van der Waals surface area contributed by atoms with Crippen LogP contribution in [0.3, 0.4) is 0 Å². The van der Waals surface area contributed by atoms with Crippen molar-refractivity contribution >= 4 is 23.5 Å². The third kappa shape index (κ3) is 3.35. The number of rotatable bonds is 5. The van der Waals surface area contributed by atoms with E-state index in [1.54, 1.807) is 0 Å². The minimum atomic E-state index is 0.725. The average molecular weight is 233 g/mol. The molecule has 0 bridgehead atoms. The van der Waals surface area contributed by atoms with Crippen LogP contribution in [0, 0.1) is 5.92 Å². The summed E-state index contributed by atoms with van der Waals surface area (Å²) in [5.74, 6) is 4.89. The lowest BCUT2D eigenvalue weighted by molar-refractivity contribution is 0.350. The summed E-state index contributed by atoms with van der Waals surface area (Å²) in [5.41, 5.74) is 0. The van der Waals surface area contributed by atoms with E-state index < -0.39 is 0 Å². The molecular weight excluding hydrogens is 210 g/mol.